The van der Waals surface area contributed by atoms with E-state index in [1.807, 2.05) is 40.8 Å². The van der Waals surface area contributed by atoms with Gasteiger partial charge in [-0.05, 0) is 28.2 Å². The Morgan fingerprint density at radius 2 is 2.00 bits per heavy atom. The largest absolute Gasteiger partial charge is 0.365 e. The normalized spacial score (nSPS) is 10.1. The van der Waals surface area contributed by atoms with E-state index in [-0.39, 0.29) is 0 Å². The molecule has 0 aliphatic carbocycles. The van der Waals surface area contributed by atoms with Crippen molar-refractivity contribution in [2.75, 3.05) is 5.32 Å². The predicted molar refractivity (Wildman–Crippen MR) is 73.5 cm³/mol. The fourth-order valence-corrected chi connectivity index (χ4v) is 1.63. The topological polar surface area (TPSA) is 37.8 Å². The molecule has 0 aliphatic rings. The third kappa shape index (κ3) is 3.05. The fourth-order valence-electron chi connectivity index (χ4n) is 1.23. The zero-order valence-corrected chi connectivity index (χ0v) is 11.2. The number of halogens is 2. The van der Waals surface area contributed by atoms with Crippen molar-refractivity contribution in [3.05, 3.63) is 50.9 Å². The minimum atomic E-state index is 0.429. The first kappa shape index (κ1) is 11.6. The number of rotatable bonds is 3. The van der Waals surface area contributed by atoms with Crippen LogP contribution in [0.4, 0.5) is 5.82 Å². The molecule has 0 fully saturated rings. The second-order valence-electron chi connectivity index (χ2n) is 3.18. The van der Waals surface area contributed by atoms with Gasteiger partial charge in [-0.25, -0.2) is 9.97 Å². The molecule has 0 bridgehead atoms. The number of hydrogen-bond acceptors (Lipinski definition) is 3. The molecule has 1 aromatic carbocycles. The van der Waals surface area contributed by atoms with Crippen molar-refractivity contribution in [3.8, 4) is 0 Å². The molecule has 0 amide bonds. The van der Waals surface area contributed by atoms with Crippen molar-refractivity contribution < 1.29 is 0 Å². The summed E-state index contributed by atoms with van der Waals surface area (Å²) in [5.74, 6) is 0.689. The summed E-state index contributed by atoms with van der Waals surface area (Å²) in [5.41, 5.74) is 1.19. The molecule has 1 N–H and O–H groups in total. The third-order valence-corrected chi connectivity index (χ3v) is 3.38. The Morgan fingerprint density at radius 1 is 1.25 bits per heavy atom. The summed E-state index contributed by atoms with van der Waals surface area (Å²) in [6.45, 7) is 0.715. The van der Waals surface area contributed by atoms with Gasteiger partial charge < -0.3 is 5.32 Å². The van der Waals surface area contributed by atoms with Gasteiger partial charge in [-0.1, -0.05) is 41.9 Å². The molecule has 1 heterocycles. The highest BCUT2D eigenvalue weighted by Crippen LogP contribution is 2.15. The molecule has 0 aliphatic heterocycles. The molecule has 16 heavy (non-hydrogen) atoms. The van der Waals surface area contributed by atoms with Crippen LogP contribution in [0.3, 0.4) is 0 Å². The Kier molecular flexibility index (Phi) is 3.95. The first-order valence-corrected chi connectivity index (χ1v) is 6.17. The van der Waals surface area contributed by atoms with Gasteiger partial charge in [-0.2, -0.15) is 0 Å². The molecular formula is C11H9ClIN3. The Bertz CT molecular complexity index is 476. The highest BCUT2D eigenvalue weighted by Gasteiger charge is 2.01. The van der Waals surface area contributed by atoms with Gasteiger partial charge in [0, 0.05) is 6.54 Å². The van der Waals surface area contributed by atoms with E-state index in [0.29, 0.717) is 21.2 Å². The summed E-state index contributed by atoms with van der Waals surface area (Å²) >= 11 is 7.92. The first-order valence-electron chi connectivity index (χ1n) is 4.71. The Morgan fingerprint density at radius 3 is 2.69 bits per heavy atom. The van der Waals surface area contributed by atoms with E-state index in [0.717, 1.165) is 0 Å². The average molecular weight is 346 g/mol. The molecule has 2 aromatic rings. The third-order valence-electron chi connectivity index (χ3n) is 2.01. The van der Waals surface area contributed by atoms with E-state index in [1.165, 1.54) is 5.56 Å². The number of anilines is 1. The van der Waals surface area contributed by atoms with Crippen LogP contribution in [0.1, 0.15) is 5.56 Å². The summed E-state index contributed by atoms with van der Waals surface area (Å²) in [6.07, 6.45) is 1.68. The van der Waals surface area contributed by atoms with Gasteiger partial charge in [0.2, 0.25) is 0 Å². The minimum absolute atomic E-state index is 0.429. The van der Waals surface area contributed by atoms with Crippen molar-refractivity contribution in [1.29, 1.82) is 0 Å². The first-order chi connectivity index (χ1) is 7.75. The van der Waals surface area contributed by atoms with E-state index >= 15 is 0 Å². The fraction of sp³-hybridized carbons (Fsp3) is 0.0909. The minimum Gasteiger partial charge on any atom is -0.365 e. The maximum Gasteiger partial charge on any atom is 0.163 e. The molecule has 5 heteroatoms. The summed E-state index contributed by atoms with van der Waals surface area (Å²) in [4.78, 5) is 8.29. The van der Waals surface area contributed by atoms with Crippen molar-refractivity contribution >= 4 is 40.0 Å². The molecule has 82 valence electrons. The van der Waals surface area contributed by atoms with Crippen LogP contribution in [0.2, 0.25) is 5.15 Å². The zero-order valence-electron chi connectivity index (χ0n) is 8.32. The second-order valence-corrected chi connectivity index (χ2v) is 4.56. The summed E-state index contributed by atoms with van der Waals surface area (Å²) in [7, 11) is 0. The number of aromatic nitrogens is 2. The van der Waals surface area contributed by atoms with Gasteiger partial charge in [0.05, 0.1) is 6.20 Å². The van der Waals surface area contributed by atoms with Crippen molar-refractivity contribution in [3.63, 3.8) is 0 Å². The van der Waals surface area contributed by atoms with Gasteiger partial charge in [0.1, 0.15) is 9.52 Å². The van der Waals surface area contributed by atoms with Crippen LogP contribution < -0.4 is 5.32 Å². The highest BCUT2D eigenvalue weighted by molar-refractivity contribution is 14.1. The Hall–Kier alpha value is -0.880. The highest BCUT2D eigenvalue weighted by atomic mass is 127. The predicted octanol–water partition coefficient (Wildman–Crippen LogP) is 3.35. The number of benzene rings is 1. The molecule has 1 aromatic heterocycles. The molecule has 3 nitrogen and oxygen atoms in total. The lowest BCUT2D eigenvalue weighted by atomic mass is 10.2. The lowest BCUT2D eigenvalue weighted by Gasteiger charge is -2.05. The SMILES string of the molecule is Clc1nc(NCc2ccccc2)cnc1I. The van der Waals surface area contributed by atoms with Crippen molar-refractivity contribution in [1.82, 2.24) is 9.97 Å². The van der Waals surface area contributed by atoms with Crippen LogP contribution in [0.5, 0.6) is 0 Å². The second kappa shape index (κ2) is 5.45. The molecule has 2 rings (SSSR count). The van der Waals surface area contributed by atoms with Gasteiger partial charge in [-0.3, -0.25) is 0 Å². The maximum atomic E-state index is 5.87. The number of hydrogen-bond donors (Lipinski definition) is 1. The molecule has 0 saturated carbocycles. The summed E-state index contributed by atoms with van der Waals surface area (Å²) in [5, 5.41) is 3.60. The van der Waals surface area contributed by atoms with Crippen molar-refractivity contribution in [2.24, 2.45) is 0 Å². The average Bonchev–Trinajstić information content (AvgIpc) is 2.32. The molecule has 0 unspecified atom stereocenters. The lowest BCUT2D eigenvalue weighted by molar-refractivity contribution is 1.07. The van der Waals surface area contributed by atoms with Gasteiger partial charge in [0.15, 0.2) is 5.15 Å². The van der Waals surface area contributed by atoms with Gasteiger partial charge >= 0.3 is 0 Å². The molecule has 0 saturated heterocycles. The quantitative estimate of drug-likeness (QED) is 0.867. The Labute approximate surface area is 112 Å². The van der Waals surface area contributed by atoms with E-state index < -0.39 is 0 Å². The van der Waals surface area contributed by atoms with Crippen LogP contribution in [-0.4, -0.2) is 9.97 Å². The van der Waals surface area contributed by atoms with Crippen LogP contribution in [0, 0.1) is 3.70 Å². The van der Waals surface area contributed by atoms with Gasteiger partial charge in [-0.15, -0.1) is 0 Å². The van der Waals surface area contributed by atoms with Crippen LogP contribution >= 0.6 is 34.2 Å². The van der Waals surface area contributed by atoms with Crippen LogP contribution in [0.25, 0.3) is 0 Å². The standard InChI is InChI=1S/C11H9ClIN3/c12-10-11(13)15-7-9(16-10)14-6-8-4-2-1-3-5-8/h1-5,7H,6H2,(H,14,16). The molecular weight excluding hydrogens is 336 g/mol. The van der Waals surface area contributed by atoms with Crippen LogP contribution in [-0.2, 0) is 6.54 Å². The molecule has 0 atom stereocenters. The van der Waals surface area contributed by atoms with Crippen LogP contribution in [0.15, 0.2) is 36.5 Å². The smallest absolute Gasteiger partial charge is 0.163 e. The summed E-state index contributed by atoms with van der Waals surface area (Å²) in [6, 6.07) is 10.1. The van der Waals surface area contributed by atoms with E-state index in [4.69, 9.17) is 11.6 Å². The summed E-state index contributed by atoms with van der Waals surface area (Å²) < 4.78 is 0.713. The monoisotopic (exact) mass is 345 g/mol. The maximum absolute atomic E-state index is 5.87. The van der Waals surface area contributed by atoms with E-state index in [1.54, 1.807) is 6.20 Å². The number of nitrogens with zero attached hydrogens (tertiary/aromatic N) is 2. The number of nitrogens with one attached hydrogen (secondary N) is 1. The Balaban J connectivity index is 2.03. The lowest BCUT2D eigenvalue weighted by Crippen LogP contribution is -2.02. The van der Waals surface area contributed by atoms with E-state index in [9.17, 15) is 0 Å². The van der Waals surface area contributed by atoms with Gasteiger partial charge in [0.25, 0.3) is 0 Å². The molecule has 0 radical (unpaired) electrons. The van der Waals surface area contributed by atoms with Crippen molar-refractivity contribution in [2.45, 2.75) is 6.54 Å². The molecule has 0 spiro atoms. The zero-order chi connectivity index (χ0) is 11.4. The van der Waals surface area contributed by atoms with E-state index in [2.05, 4.69) is 27.4 Å².